The Bertz CT molecular complexity index is 769. The molecule has 0 aliphatic carbocycles. The van der Waals surface area contributed by atoms with Gasteiger partial charge in [0.05, 0.1) is 0 Å². The number of benzene rings is 2. The van der Waals surface area contributed by atoms with E-state index >= 15 is 0 Å². The van der Waals surface area contributed by atoms with Crippen LogP contribution in [0.2, 0.25) is 0 Å². The third-order valence-corrected chi connectivity index (χ3v) is 3.46. The van der Waals surface area contributed by atoms with Crippen molar-refractivity contribution in [2.24, 2.45) is 0 Å². The molecule has 2 aromatic carbocycles. The molecular formula is C18H18N2O4. The molecule has 1 aliphatic rings. The number of hydrogen-bond donors (Lipinski definition) is 2. The van der Waals surface area contributed by atoms with Crippen LogP contribution in [0.3, 0.4) is 0 Å². The van der Waals surface area contributed by atoms with E-state index in [0.29, 0.717) is 28.3 Å². The van der Waals surface area contributed by atoms with E-state index in [4.69, 9.17) is 9.47 Å². The van der Waals surface area contributed by atoms with E-state index in [2.05, 4.69) is 10.6 Å². The molecule has 2 aromatic rings. The predicted molar refractivity (Wildman–Crippen MR) is 89.6 cm³/mol. The zero-order chi connectivity index (χ0) is 17.1. The summed E-state index contributed by atoms with van der Waals surface area (Å²) in [6.45, 7) is 3.98. The molecule has 0 unspecified atom stereocenters. The fourth-order valence-electron chi connectivity index (χ4n) is 2.30. The molecule has 0 spiro atoms. The Morgan fingerprint density at radius 1 is 0.917 bits per heavy atom. The van der Waals surface area contributed by atoms with Gasteiger partial charge in [0.2, 0.25) is 6.79 Å². The summed E-state index contributed by atoms with van der Waals surface area (Å²) in [5, 5.41) is 5.60. The Kier molecular flexibility index (Phi) is 4.37. The molecule has 0 radical (unpaired) electrons. The van der Waals surface area contributed by atoms with Gasteiger partial charge in [-0.2, -0.15) is 0 Å². The summed E-state index contributed by atoms with van der Waals surface area (Å²) in [6.07, 6.45) is 0. The number of anilines is 1. The lowest BCUT2D eigenvalue weighted by molar-refractivity contribution is 0.0941. The summed E-state index contributed by atoms with van der Waals surface area (Å²) in [6, 6.07) is 11.8. The Morgan fingerprint density at radius 3 is 2.21 bits per heavy atom. The van der Waals surface area contributed by atoms with Crippen LogP contribution >= 0.6 is 0 Å². The van der Waals surface area contributed by atoms with E-state index in [1.165, 1.54) is 0 Å². The van der Waals surface area contributed by atoms with Crippen molar-refractivity contribution < 1.29 is 19.1 Å². The van der Waals surface area contributed by atoms with E-state index in [9.17, 15) is 9.59 Å². The zero-order valence-corrected chi connectivity index (χ0v) is 13.5. The van der Waals surface area contributed by atoms with Gasteiger partial charge in [-0.15, -0.1) is 0 Å². The number of carbonyl (C=O) groups excluding carboxylic acids is 2. The number of fused-ring (bicyclic) bond motifs is 1. The average molecular weight is 326 g/mol. The molecule has 1 aliphatic heterocycles. The fourth-order valence-corrected chi connectivity index (χ4v) is 2.30. The normalized spacial score (nSPS) is 12.1. The van der Waals surface area contributed by atoms with Crippen molar-refractivity contribution in [1.82, 2.24) is 5.32 Å². The maximum absolute atomic E-state index is 12.3. The second-order valence-electron chi connectivity index (χ2n) is 5.73. The van der Waals surface area contributed by atoms with Gasteiger partial charge in [-0.05, 0) is 50.2 Å². The van der Waals surface area contributed by atoms with E-state index in [0.717, 1.165) is 0 Å². The zero-order valence-electron chi connectivity index (χ0n) is 13.5. The highest BCUT2D eigenvalue weighted by atomic mass is 16.7. The summed E-state index contributed by atoms with van der Waals surface area (Å²) in [5.74, 6) is 0.847. The van der Waals surface area contributed by atoms with Gasteiger partial charge in [0.1, 0.15) is 0 Å². The maximum Gasteiger partial charge on any atom is 0.255 e. The molecule has 0 bridgehead atoms. The van der Waals surface area contributed by atoms with Crippen molar-refractivity contribution in [3.63, 3.8) is 0 Å². The van der Waals surface area contributed by atoms with Gasteiger partial charge >= 0.3 is 0 Å². The third kappa shape index (κ3) is 3.48. The fraction of sp³-hybridized carbons (Fsp3) is 0.222. The minimum absolute atomic E-state index is 0.0616. The highest BCUT2D eigenvalue weighted by Crippen LogP contribution is 2.34. The van der Waals surface area contributed by atoms with Crippen molar-refractivity contribution in [3.05, 3.63) is 53.6 Å². The molecule has 124 valence electrons. The van der Waals surface area contributed by atoms with Gasteiger partial charge < -0.3 is 20.1 Å². The molecule has 0 saturated heterocycles. The second kappa shape index (κ2) is 6.62. The van der Waals surface area contributed by atoms with Gasteiger partial charge in [0.25, 0.3) is 11.8 Å². The number of rotatable bonds is 4. The first-order valence-electron chi connectivity index (χ1n) is 7.65. The first-order valence-corrected chi connectivity index (χ1v) is 7.65. The van der Waals surface area contributed by atoms with Crippen molar-refractivity contribution in [2.45, 2.75) is 19.9 Å². The summed E-state index contributed by atoms with van der Waals surface area (Å²) in [5.41, 5.74) is 1.60. The molecule has 0 aromatic heterocycles. The number of ether oxygens (including phenoxy) is 2. The molecule has 6 nitrogen and oxygen atoms in total. The predicted octanol–water partition coefficient (Wildman–Crippen LogP) is 2.81. The lowest BCUT2D eigenvalue weighted by atomic mass is 10.1. The van der Waals surface area contributed by atoms with Crippen LogP contribution in [0, 0.1) is 0 Å². The Labute approximate surface area is 139 Å². The van der Waals surface area contributed by atoms with Gasteiger partial charge in [-0.1, -0.05) is 0 Å². The summed E-state index contributed by atoms with van der Waals surface area (Å²) < 4.78 is 10.5. The SMILES string of the molecule is CC(C)NC(=O)c1ccc(C(=O)Nc2ccc3c(c2)OCO3)cc1. The monoisotopic (exact) mass is 326 g/mol. The van der Waals surface area contributed by atoms with Crippen LogP contribution in [0.25, 0.3) is 0 Å². The molecule has 0 fully saturated rings. The minimum atomic E-state index is -0.260. The van der Waals surface area contributed by atoms with E-state index in [-0.39, 0.29) is 24.6 Å². The van der Waals surface area contributed by atoms with Gasteiger partial charge in [-0.3, -0.25) is 9.59 Å². The van der Waals surface area contributed by atoms with E-state index in [1.54, 1.807) is 42.5 Å². The van der Waals surface area contributed by atoms with E-state index in [1.807, 2.05) is 13.8 Å². The minimum Gasteiger partial charge on any atom is -0.454 e. The standard InChI is InChI=1S/C18H18N2O4/c1-11(2)19-17(21)12-3-5-13(6-4-12)18(22)20-14-7-8-15-16(9-14)24-10-23-15/h3-9,11H,10H2,1-2H3,(H,19,21)(H,20,22). The largest absolute Gasteiger partial charge is 0.454 e. The second-order valence-corrected chi connectivity index (χ2v) is 5.73. The molecule has 0 atom stereocenters. The summed E-state index contributed by atoms with van der Waals surface area (Å²) in [4.78, 5) is 24.2. The third-order valence-electron chi connectivity index (χ3n) is 3.46. The van der Waals surface area contributed by atoms with Crippen LogP contribution in [0.1, 0.15) is 34.6 Å². The Morgan fingerprint density at radius 2 is 1.54 bits per heavy atom. The number of carbonyl (C=O) groups is 2. The molecule has 3 rings (SSSR count). The molecule has 2 amide bonds. The highest BCUT2D eigenvalue weighted by molar-refractivity contribution is 6.05. The lowest BCUT2D eigenvalue weighted by Crippen LogP contribution is -2.30. The van der Waals surface area contributed by atoms with Crippen LogP contribution < -0.4 is 20.1 Å². The van der Waals surface area contributed by atoms with Crippen LogP contribution in [0.4, 0.5) is 5.69 Å². The molecular weight excluding hydrogens is 308 g/mol. The van der Waals surface area contributed by atoms with Crippen molar-refractivity contribution in [3.8, 4) is 11.5 Å². The molecule has 24 heavy (non-hydrogen) atoms. The first kappa shape index (κ1) is 15.9. The van der Waals surface area contributed by atoms with Gasteiger partial charge in [-0.25, -0.2) is 0 Å². The van der Waals surface area contributed by atoms with E-state index < -0.39 is 0 Å². The van der Waals surface area contributed by atoms with Crippen LogP contribution in [-0.4, -0.2) is 24.6 Å². The lowest BCUT2D eigenvalue weighted by Gasteiger charge is -2.09. The number of amides is 2. The summed E-state index contributed by atoms with van der Waals surface area (Å²) >= 11 is 0. The molecule has 1 heterocycles. The average Bonchev–Trinajstić information content (AvgIpc) is 3.02. The van der Waals surface area contributed by atoms with Crippen molar-refractivity contribution in [1.29, 1.82) is 0 Å². The Balaban J connectivity index is 1.68. The van der Waals surface area contributed by atoms with Gasteiger partial charge in [0.15, 0.2) is 11.5 Å². The smallest absolute Gasteiger partial charge is 0.255 e. The highest BCUT2D eigenvalue weighted by Gasteiger charge is 2.15. The maximum atomic E-state index is 12.3. The van der Waals surface area contributed by atoms with Crippen molar-refractivity contribution in [2.75, 3.05) is 12.1 Å². The van der Waals surface area contributed by atoms with Crippen LogP contribution in [0.15, 0.2) is 42.5 Å². The van der Waals surface area contributed by atoms with Crippen molar-refractivity contribution >= 4 is 17.5 Å². The topological polar surface area (TPSA) is 76.7 Å². The van der Waals surface area contributed by atoms with Crippen LogP contribution in [-0.2, 0) is 0 Å². The summed E-state index contributed by atoms with van der Waals surface area (Å²) in [7, 11) is 0. The number of nitrogens with one attached hydrogen (secondary N) is 2. The Hall–Kier alpha value is -3.02. The first-order chi connectivity index (χ1) is 11.5. The van der Waals surface area contributed by atoms with Crippen LogP contribution in [0.5, 0.6) is 11.5 Å². The molecule has 6 heteroatoms. The quantitative estimate of drug-likeness (QED) is 0.906. The number of hydrogen-bond acceptors (Lipinski definition) is 4. The van der Waals surface area contributed by atoms with Gasteiger partial charge in [0, 0.05) is 28.9 Å². The molecule has 2 N–H and O–H groups in total. The molecule has 0 saturated carbocycles.